The summed E-state index contributed by atoms with van der Waals surface area (Å²) in [5, 5.41) is 3.48. The van der Waals surface area contributed by atoms with Crippen LogP contribution < -0.4 is 5.32 Å². The third-order valence-corrected chi connectivity index (χ3v) is 3.19. The number of nitrogens with one attached hydrogen (secondary N) is 1. The molecule has 0 radical (unpaired) electrons. The molecule has 2 nitrogen and oxygen atoms in total. The van der Waals surface area contributed by atoms with Gasteiger partial charge in [-0.3, -0.25) is 4.90 Å². The largest absolute Gasteiger partial charge is 0.314 e. The van der Waals surface area contributed by atoms with E-state index in [0.717, 1.165) is 13.1 Å². The molecule has 1 aromatic carbocycles. The molecule has 0 amide bonds. The fraction of sp³-hybridized carbons (Fsp3) is 0.529. The number of nitrogens with zero attached hydrogens (tertiary/aromatic N) is 1. The number of benzene rings is 1. The van der Waals surface area contributed by atoms with Crippen LogP contribution in [0.3, 0.4) is 0 Å². The van der Waals surface area contributed by atoms with Crippen molar-refractivity contribution in [2.24, 2.45) is 0 Å². The molecule has 0 aromatic heterocycles. The molecule has 0 aliphatic heterocycles. The van der Waals surface area contributed by atoms with Crippen molar-refractivity contribution >= 4 is 0 Å². The molecule has 0 aliphatic carbocycles. The molecule has 0 heterocycles. The molecule has 0 fully saturated rings. The number of hydrogen-bond donors (Lipinski definition) is 1. The average Bonchev–Trinajstić information content (AvgIpc) is 2.37. The first-order chi connectivity index (χ1) is 9.02. The van der Waals surface area contributed by atoms with E-state index in [2.05, 4.69) is 61.2 Å². The van der Waals surface area contributed by atoms with E-state index in [1.165, 1.54) is 11.1 Å². The van der Waals surface area contributed by atoms with Crippen LogP contribution in [0.4, 0.5) is 0 Å². The predicted molar refractivity (Wildman–Crippen MR) is 83.2 cm³/mol. The summed E-state index contributed by atoms with van der Waals surface area (Å²) in [6.07, 6.45) is 5.31. The van der Waals surface area contributed by atoms with Gasteiger partial charge in [0.1, 0.15) is 0 Å². The van der Waals surface area contributed by atoms with Gasteiger partial charge in [-0.05, 0) is 24.1 Å². The van der Waals surface area contributed by atoms with Gasteiger partial charge in [-0.1, -0.05) is 51.0 Å². The minimum atomic E-state index is 0.541. The molecule has 0 spiro atoms. The van der Waals surface area contributed by atoms with Gasteiger partial charge in [0.25, 0.3) is 0 Å². The van der Waals surface area contributed by atoms with Crippen molar-refractivity contribution in [1.29, 1.82) is 0 Å². The lowest BCUT2D eigenvalue weighted by Gasteiger charge is -2.17. The van der Waals surface area contributed by atoms with Gasteiger partial charge in [0.2, 0.25) is 0 Å². The third kappa shape index (κ3) is 5.92. The first-order valence-electron chi connectivity index (χ1n) is 6.97. The van der Waals surface area contributed by atoms with E-state index in [0.29, 0.717) is 18.5 Å². The van der Waals surface area contributed by atoms with E-state index in [9.17, 15) is 0 Å². The van der Waals surface area contributed by atoms with Gasteiger partial charge in [-0.15, -0.1) is 6.42 Å². The zero-order chi connectivity index (χ0) is 14.3. The van der Waals surface area contributed by atoms with Gasteiger partial charge >= 0.3 is 0 Å². The smallest absolute Gasteiger partial charge is 0.0599 e. The van der Waals surface area contributed by atoms with Crippen LogP contribution >= 0.6 is 0 Å². The molecular formula is C17H26N2. The van der Waals surface area contributed by atoms with Crippen LogP contribution in [0.25, 0.3) is 0 Å². The molecule has 1 rings (SSSR count). The Morgan fingerprint density at radius 1 is 1.21 bits per heavy atom. The SMILES string of the molecule is C#CCN(C)Cc1ccc(C(C)CNC(C)C)cc1. The Morgan fingerprint density at radius 2 is 1.84 bits per heavy atom. The van der Waals surface area contributed by atoms with Gasteiger partial charge in [-0.25, -0.2) is 0 Å². The van der Waals surface area contributed by atoms with Crippen LogP contribution in [0.5, 0.6) is 0 Å². The monoisotopic (exact) mass is 258 g/mol. The Balaban J connectivity index is 2.53. The minimum Gasteiger partial charge on any atom is -0.314 e. The lowest BCUT2D eigenvalue weighted by molar-refractivity contribution is 0.369. The Kier molecular flexibility index (Phi) is 6.62. The second-order valence-corrected chi connectivity index (χ2v) is 5.58. The van der Waals surface area contributed by atoms with Crippen molar-refractivity contribution in [2.45, 2.75) is 39.3 Å². The number of rotatable bonds is 7. The highest BCUT2D eigenvalue weighted by molar-refractivity contribution is 5.25. The maximum atomic E-state index is 5.31. The van der Waals surface area contributed by atoms with E-state index in [-0.39, 0.29) is 0 Å². The normalized spacial score (nSPS) is 12.7. The first kappa shape index (κ1) is 15.8. The van der Waals surface area contributed by atoms with Crippen LogP contribution in [0, 0.1) is 12.3 Å². The number of terminal acetylenes is 1. The van der Waals surface area contributed by atoms with E-state index in [1.807, 2.05) is 7.05 Å². The lowest BCUT2D eigenvalue weighted by atomic mass is 9.99. The second-order valence-electron chi connectivity index (χ2n) is 5.58. The molecule has 0 saturated carbocycles. The van der Waals surface area contributed by atoms with Gasteiger partial charge in [-0.2, -0.15) is 0 Å². The van der Waals surface area contributed by atoms with Crippen LogP contribution in [0.15, 0.2) is 24.3 Å². The molecule has 19 heavy (non-hydrogen) atoms. The highest BCUT2D eigenvalue weighted by atomic mass is 15.1. The van der Waals surface area contributed by atoms with Crippen molar-refractivity contribution in [3.8, 4) is 12.3 Å². The van der Waals surface area contributed by atoms with Crippen molar-refractivity contribution < 1.29 is 0 Å². The van der Waals surface area contributed by atoms with Crippen molar-refractivity contribution in [2.75, 3.05) is 20.1 Å². The van der Waals surface area contributed by atoms with E-state index in [4.69, 9.17) is 6.42 Å². The molecule has 0 saturated heterocycles. The first-order valence-corrected chi connectivity index (χ1v) is 6.97. The fourth-order valence-electron chi connectivity index (χ4n) is 2.01. The standard InChI is InChI=1S/C17H26N2/c1-6-11-19(5)13-16-7-9-17(10-8-16)15(4)12-18-14(2)3/h1,7-10,14-15,18H,11-13H2,2-5H3. The van der Waals surface area contributed by atoms with Crippen LogP contribution in [0.1, 0.15) is 37.8 Å². The lowest BCUT2D eigenvalue weighted by Crippen LogP contribution is -2.27. The third-order valence-electron chi connectivity index (χ3n) is 3.19. The Morgan fingerprint density at radius 3 is 2.37 bits per heavy atom. The molecule has 0 aliphatic rings. The molecule has 1 atom stereocenters. The Labute approximate surface area is 118 Å². The molecule has 0 bridgehead atoms. The zero-order valence-electron chi connectivity index (χ0n) is 12.6. The summed E-state index contributed by atoms with van der Waals surface area (Å²) >= 11 is 0. The zero-order valence-corrected chi connectivity index (χ0v) is 12.6. The highest BCUT2D eigenvalue weighted by Gasteiger charge is 2.06. The predicted octanol–water partition coefficient (Wildman–Crippen LogP) is 2.85. The summed E-state index contributed by atoms with van der Waals surface area (Å²) < 4.78 is 0. The summed E-state index contributed by atoms with van der Waals surface area (Å²) in [7, 11) is 2.04. The van der Waals surface area contributed by atoms with Crippen LogP contribution in [-0.2, 0) is 6.54 Å². The van der Waals surface area contributed by atoms with Gasteiger partial charge < -0.3 is 5.32 Å². The maximum Gasteiger partial charge on any atom is 0.0599 e. The van der Waals surface area contributed by atoms with Gasteiger partial charge in [0, 0.05) is 19.1 Å². The van der Waals surface area contributed by atoms with E-state index < -0.39 is 0 Å². The second kappa shape index (κ2) is 7.99. The summed E-state index contributed by atoms with van der Waals surface area (Å²) in [4.78, 5) is 2.14. The summed E-state index contributed by atoms with van der Waals surface area (Å²) in [5.74, 6) is 3.20. The quantitative estimate of drug-likeness (QED) is 0.757. The van der Waals surface area contributed by atoms with Crippen LogP contribution in [-0.4, -0.2) is 31.1 Å². The summed E-state index contributed by atoms with van der Waals surface area (Å²) in [6.45, 7) is 9.23. The molecule has 1 aromatic rings. The summed E-state index contributed by atoms with van der Waals surface area (Å²) in [5.41, 5.74) is 2.70. The van der Waals surface area contributed by atoms with Crippen molar-refractivity contribution in [1.82, 2.24) is 10.2 Å². The van der Waals surface area contributed by atoms with E-state index in [1.54, 1.807) is 0 Å². The minimum absolute atomic E-state index is 0.541. The highest BCUT2D eigenvalue weighted by Crippen LogP contribution is 2.16. The van der Waals surface area contributed by atoms with Crippen molar-refractivity contribution in [3.05, 3.63) is 35.4 Å². The maximum absolute atomic E-state index is 5.31. The molecular weight excluding hydrogens is 232 g/mol. The van der Waals surface area contributed by atoms with Crippen molar-refractivity contribution in [3.63, 3.8) is 0 Å². The molecule has 1 N–H and O–H groups in total. The molecule has 1 unspecified atom stereocenters. The molecule has 2 heteroatoms. The number of hydrogen-bond acceptors (Lipinski definition) is 2. The van der Waals surface area contributed by atoms with E-state index >= 15 is 0 Å². The summed E-state index contributed by atoms with van der Waals surface area (Å²) in [6, 6.07) is 9.40. The Hall–Kier alpha value is -1.30. The van der Waals surface area contributed by atoms with Crippen LogP contribution in [0.2, 0.25) is 0 Å². The molecule has 104 valence electrons. The van der Waals surface area contributed by atoms with Gasteiger partial charge in [0.15, 0.2) is 0 Å². The fourth-order valence-corrected chi connectivity index (χ4v) is 2.01. The van der Waals surface area contributed by atoms with Gasteiger partial charge in [0.05, 0.1) is 6.54 Å². The Bertz CT molecular complexity index is 400. The topological polar surface area (TPSA) is 15.3 Å². The average molecular weight is 258 g/mol.